The summed E-state index contributed by atoms with van der Waals surface area (Å²) in [5.74, 6) is 1.00. The third kappa shape index (κ3) is 4.17. The van der Waals surface area contributed by atoms with Crippen molar-refractivity contribution in [3.63, 3.8) is 0 Å². The van der Waals surface area contributed by atoms with E-state index in [9.17, 15) is 0 Å². The van der Waals surface area contributed by atoms with Gasteiger partial charge >= 0.3 is 0 Å². The Morgan fingerprint density at radius 3 is 2.36 bits per heavy atom. The van der Waals surface area contributed by atoms with Crippen LogP contribution in [0.15, 0.2) is 6.20 Å². The van der Waals surface area contributed by atoms with Crippen LogP contribution in [0.25, 0.3) is 11.2 Å². The maximum absolute atomic E-state index is 8.90. The van der Waals surface area contributed by atoms with E-state index in [0.717, 1.165) is 31.9 Å². The molecule has 2 aromatic rings. The highest BCUT2D eigenvalue weighted by molar-refractivity contribution is 5.71. The Bertz CT molecular complexity index is 617. The van der Waals surface area contributed by atoms with Gasteiger partial charge in [-0.3, -0.25) is 0 Å². The van der Waals surface area contributed by atoms with Gasteiger partial charge in [-0.1, -0.05) is 39.5 Å². The molecule has 0 aromatic carbocycles. The van der Waals surface area contributed by atoms with E-state index in [-0.39, 0.29) is 5.82 Å². The Morgan fingerprint density at radius 2 is 1.77 bits per heavy atom. The fraction of sp³-hybridized carbons (Fsp3) is 0.625. The van der Waals surface area contributed by atoms with Crippen molar-refractivity contribution < 1.29 is 0 Å². The molecule has 1 N–H and O–H groups in total. The number of nitrogens with zero attached hydrogens (tertiary/aromatic N) is 5. The van der Waals surface area contributed by atoms with Gasteiger partial charge in [-0.25, -0.2) is 4.98 Å². The van der Waals surface area contributed by atoms with Crippen LogP contribution >= 0.6 is 0 Å². The van der Waals surface area contributed by atoms with E-state index in [4.69, 9.17) is 5.26 Å². The highest BCUT2D eigenvalue weighted by Gasteiger charge is 2.12. The Morgan fingerprint density at radius 1 is 1.09 bits per heavy atom. The number of aromatic amines is 1. The summed E-state index contributed by atoms with van der Waals surface area (Å²) in [6.45, 7) is 6.35. The van der Waals surface area contributed by atoms with Gasteiger partial charge in [-0.05, 0) is 12.8 Å². The van der Waals surface area contributed by atoms with Crippen LogP contribution in [-0.2, 0) is 0 Å². The smallest absolute Gasteiger partial charge is 0.227 e. The Kier molecular flexibility index (Phi) is 6.13. The Balaban J connectivity index is 2.15. The summed E-state index contributed by atoms with van der Waals surface area (Å²) in [6, 6.07) is 2.00. The first-order valence-corrected chi connectivity index (χ1v) is 8.16. The molecule has 2 aromatic heterocycles. The minimum absolute atomic E-state index is 0.282. The van der Waals surface area contributed by atoms with Gasteiger partial charge in [-0.2, -0.15) is 15.2 Å². The van der Waals surface area contributed by atoms with Crippen molar-refractivity contribution in [2.24, 2.45) is 0 Å². The van der Waals surface area contributed by atoms with Crippen molar-refractivity contribution in [3.05, 3.63) is 12.0 Å². The zero-order chi connectivity index (χ0) is 15.8. The van der Waals surface area contributed by atoms with E-state index in [1.54, 1.807) is 6.20 Å². The van der Waals surface area contributed by atoms with Crippen LogP contribution < -0.4 is 4.90 Å². The molecule has 6 heteroatoms. The van der Waals surface area contributed by atoms with Gasteiger partial charge in [0.15, 0.2) is 5.65 Å². The molecule has 2 rings (SSSR count). The number of fused-ring (bicyclic) bond motifs is 1. The maximum Gasteiger partial charge on any atom is 0.227 e. The lowest BCUT2D eigenvalue weighted by atomic mass is 10.2. The molecule has 0 aliphatic carbocycles. The van der Waals surface area contributed by atoms with E-state index < -0.39 is 0 Å². The maximum atomic E-state index is 8.90. The van der Waals surface area contributed by atoms with E-state index in [2.05, 4.69) is 38.7 Å². The molecule has 0 atom stereocenters. The lowest BCUT2D eigenvalue weighted by molar-refractivity contribution is 0.627. The molecule has 0 fully saturated rings. The monoisotopic (exact) mass is 300 g/mol. The SMILES string of the molecule is CCCCCN(CCCCC)c1ncc2[nH]c(C#N)nc2n1. The molecule has 22 heavy (non-hydrogen) atoms. The minimum atomic E-state index is 0.282. The first-order chi connectivity index (χ1) is 10.8. The van der Waals surface area contributed by atoms with Crippen molar-refractivity contribution in [3.8, 4) is 6.07 Å². The van der Waals surface area contributed by atoms with E-state index in [0.29, 0.717) is 11.2 Å². The van der Waals surface area contributed by atoms with Gasteiger partial charge in [0.25, 0.3) is 0 Å². The summed E-state index contributed by atoms with van der Waals surface area (Å²) < 4.78 is 0. The second kappa shape index (κ2) is 8.32. The lowest BCUT2D eigenvalue weighted by Gasteiger charge is -2.22. The minimum Gasteiger partial charge on any atom is -0.341 e. The van der Waals surface area contributed by atoms with Crippen molar-refractivity contribution in [1.29, 1.82) is 5.26 Å². The third-order valence-corrected chi connectivity index (χ3v) is 3.68. The van der Waals surface area contributed by atoms with Crippen LogP contribution in [0.4, 0.5) is 5.95 Å². The lowest BCUT2D eigenvalue weighted by Crippen LogP contribution is -2.27. The van der Waals surface area contributed by atoms with Crippen LogP contribution in [0.3, 0.4) is 0 Å². The summed E-state index contributed by atoms with van der Waals surface area (Å²) in [5, 5.41) is 8.90. The summed E-state index contributed by atoms with van der Waals surface area (Å²) in [4.78, 5) is 18.3. The number of anilines is 1. The molecule has 2 heterocycles. The number of unbranched alkanes of at least 4 members (excludes halogenated alkanes) is 4. The number of nitrogens with one attached hydrogen (secondary N) is 1. The highest BCUT2D eigenvalue weighted by Crippen LogP contribution is 2.15. The molecule has 0 radical (unpaired) electrons. The molecule has 0 aliphatic heterocycles. The predicted molar refractivity (Wildman–Crippen MR) is 87.7 cm³/mol. The first kappa shape index (κ1) is 16.2. The van der Waals surface area contributed by atoms with Crippen LogP contribution in [0, 0.1) is 11.3 Å². The summed E-state index contributed by atoms with van der Waals surface area (Å²) in [7, 11) is 0. The van der Waals surface area contributed by atoms with E-state index in [1.165, 1.54) is 25.7 Å². The largest absolute Gasteiger partial charge is 0.341 e. The molecule has 0 aliphatic rings. The summed E-state index contributed by atoms with van der Waals surface area (Å²) in [5.41, 5.74) is 1.28. The fourth-order valence-corrected chi connectivity index (χ4v) is 2.42. The average molecular weight is 300 g/mol. The average Bonchev–Trinajstić information content (AvgIpc) is 2.96. The molecule has 0 amide bonds. The van der Waals surface area contributed by atoms with Gasteiger partial charge in [0.05, 0.1) is 6.20 Å². The number of hydrogen-bond donors (Lipinski definition) is 1. The van der Waals surface area contributed by atoms with Crippen LogP contribution in [-0.4, -0.2) is 33.0 Å². The molecule has 118 valence electrons. The van der Waals surface area contributed by atoms with Gasteiger partial charge < -0.3 is 9.88 Å². The number of nitriles is 1. The van der Waals surface area contributed by atoms with Crippen molar-refractivity contribution in [1.82, 2.24) is 19.9 Å². The molecule has 0 saturated carbocycles. The number of H-pyrrole nitrogens is 1. The second-order valence-electron chi connectivity index (χ2n) is 5.51. The fourth-order valence-electron chi connectivity index (χ4n) is 2.42. The number of aromatic nitrogens is 4. The first-order valence-electron chi connectivity index (χ1n) is 8.16. The van der Waals surface area contributed by atoms with Crippen LogP contribution in [0.1, 0.15) is 58.2 Å². The van der Waals surface area contributed by atoms with Gasteiger partial charge in [-0.15, -0.1) is 0 Å². The number of imidazole rings is 1. The van der Waals surface area contributed by atoms with Crippen molar-refractivity contribution in [2.75, 3.05) is 18.0 Å². The van der Waals surface area contributed by atoms with Crippen LogP contribution in [0.2, 0.25) is 0 Å². The molecule has 0 bridgehead atoms. The third-order valence-electron chi connectivity index (χ3n) is 3.68. The summed E-state index contributed by atoms with van der Waals surface area (Å²) in [6.07, 6.45) is 8.85. The zero-order valence-corrected chi connectivity index (χ0v) is 13.5. The Hall–Kier alpha value is -2.16. The normalized spacial score (nSPS) is 10.8. The molecule has 0 spiro atoms. The van der Waals surface area contributed by atoms with Gasteiger partial charge in [0, 0.05) is 13.1 Å². The predicted octanol–water partition coefficient (Wildman–Crippen LogP) is 3.41. The van der Waals surface area contributed by atoms with Gasteiger partial charge in [0.2, 0.25) is 11.8 Å². The summed E-state index contributed by atoms with van der Waals surface area (Å²) >= 11 is 0. The molecule has 0 unspecified atom stereocenters. The van der Waals surface area contributed by atoms with Crippen molar-refractivity contribution >= 4 is 17.1 Å². The molecule has 0 saturated heterocycles. The van der Waals surface area contributed by atoms with Crippen molar-refractivity contribution in [2.45, 2.75) is 52.4 Å². The highest BCUT2D eigenvalue weighted by atomic mass is 15.3. The standard InChI is InChI=1S/C16H24N6/c1-3-5-7-9-22(10-8-6-4-2)16-18-12-13-15(21-16)20-14(11-17)19-13/h12H,3-10H2,1-2H3,(H,18,19,20,21). The molecular formula is C16H24N6. The topological polar surface area (TPSA) is 81.5 Å². The van der Waals surface area contributed by atoms with E-state index in [1.807, 2.05) is 6.07 Å². The quantitative estimate of drug-likeness (QED) is 0.718. The van der Waals surface area contributed by atoms with E-state index >= 15 is 0 Å². The second-order valence-corrected chi connectivity index (χ2v) is 5.51. The zero-order valence-electron chi connectivity index (χ0n) is 13.5. The Labute approximate surface area is 131 Å². The molecule has 6 nitrogen and oxygen atoms in total. The number of rotatable bonds is 9. The number of hydrogen-bond acceptors (Lipinski definition) is 5. The van der Waals surface area contributed by atoms with Gasteiger partial charge in [0.1, 0.15) is 11.6 Å². The molecular weight excluding hydrogens is 276 g/mol. The van der Waals surface area contributed by atoms with Crippen LogP contribution in [0.5, 0.6) is 0 Å².